The molecule has 1 aromatic heterocycles. The maximum Gasteiger partial charge on any atom is 0.162 e. The summed E-state index contributed by atoms with van der Waals surface area (Å²) >= 11 is 1.45. The third kappa shape index (κ3) is 2.55. The molecule has 5 nitrogen and oxygen atoms in total. The van der Waals surface area contributed by atoms with E-state index in [2.05, 4.69) is 4.98 Å². The first-order valence-electron chi connectivity index (χ1n) is 6.11. The van der Waals surface area contributed by atoms with E-state index in [1.54, 1.807) is 18.3 Å². The molecule has 6 heteroatoms. The molecule has 0 radical (unpaired) electrons. The van der Waals surface area contributed by atoms with Gasteiger partial charge in [-0.05, 0) is 30.3 Å². The number of nitrogen functional groups attached to an aromatic ring is 1. The van der Waals surface area contributed by atoms with Crippen molar-refractivity contribution in [1.29, 1.82) is 5.41 Å². The zero-order chi connectivity index (χ0) is 13.9. The first-order valence-corrected chi connectivity index (χ1v) is 6.92. The topological polar surface area (TPSA) is 81.2 Å². The van der Waals surface area contributed by atoms with Crippen molar-refractivity contribution in [3.8, 4) is 11.5 Å². The molecular formula is C14H13N3O2S. The molecule has 1 aromatic carbocycles. The minimum Gasteiger partial charge on any atom is -0.486 e. The SMILES string of the molecule is N=C(N)c1cccnc1Sc1ccc2c(c1)OCCO2. The van der Waals surface area contributed by atoms with E-state index < -0.39 is 0 Å². The Morgan fingerprint density at radius 3 is 2.80 bits per heavy atom. The predicted octanol–water partition coefficient (Wildman–Crippen LogP) is 2.29. The summed E-state index contributed by atoms with van der Waals surface area (Å²) in [6.45, 7) is 1.14. The van der Waals surface area contributed by atoms with Crippen LogP contribution in [0.4, 0.5) is 0 Å². The molecule has 1 aliphatic rings. The fourth-order valence-electron chi connectivity index (χ4n) is 1.88. The van der Waals surface area contributed by atoms with E-state index in [4.69, 9.17) is 20.6 Å². The van der Waals surface area contributed by atoms with Crippen molar-refractivity contribution in [2.75, 3.05) is 13.2 Å². The molecule has 1 aliphatic heterocycles. The molecule has 0 bridgehead atoms. The molecule has 3 N–H and O–H groups in total. The van der Waals surface area contributed by atoms with Crippen molar-refractivity contribution in [2.45, 2.75) is 9.92 Å². The number of nitrogens with one attached hydrogen (secondary N) is 1. The van der Waals surface area contributed by atoms with Crippen LogP contribution < -0.4 is 15.2 Å². The maximum atomic E-state index is 7.57. The van der Waals surface area contributed by atoms with Crippen molar-refractivity contribution in [3.63, 3.8) is 0 Å². The Bertz CT molecular complexity index is 661. The van der Waals surface area contributed by atoms with Crippen LogP contribution in [0.15, 0.2) is 46.5 Å². The molecule has 3 rings (SSSR count). The summed E-state index contributed by atoms with van der Waals surface area (Å²) < 4.78 is 11.0. The highest BCUT2D eigenvalue weighted by molar-refractivity contribution is 7.99. The van der Waals surface area contributed by atoms with Gasteiger partial charge in [0.1, 0.15) is 24.1 Å². The van der Waals surface area contributed by atoms with Gasteiger partial charge in [-0.15, -0.1) is 0 Å². The molecule has 0 amide bonds. The summed E-state index contributed by atoms with van der Waals surface area (Å²) in [5, 5.41) is 8.28. The van der Waals surface area contributed by atoms with Gasteiger partial charge in [-0.1, -0.05) is 11.8 Å². The van der Waals surface area contributed by atoms with E-state index in [0.717, 1.165) is 16.4 Å². The van der Waals surface area contributed by atoms with Gasteiger partial charge >= 0.3 is 0 Å². The van der Waals surface area contributed by atoms with Gasteiger partial charge in [0.2, 0.25) is 0 Å². The number of nitrogens with two attached hydrogens (primary N) is 1. The number of rotatable bonds is 3. The molecule has 0 saturated carbocycles. The van der Waals surface area contributed by atoms with Gasteiger partial charge < -0.3 is 15.2 Å². The molecule has 0 unspecified atom stereocenters. The minimum atomic E-state index is 0.0122. The van der Waals surface area contributed by atoms with Crippen LogP contribution in [0.1, 0.15) is 5.56 Å². The lowest BCUT2D eigenvalue weighted by Crippen LogP contribution is -2.15. The minimum absolute atomic E-state index is 0.0122. The van der Waals surface area contributed by atoms with E-state index in [9.17, 15) is 0 Å². The summed E-state index contributed by atoms with van der Waals surface area (Å²) in [4.78, 5) is 5.25. The average Bonchev–Trinajstić information content (AvgIpc) is 2.47. The van der Waals surface area contributed by atoms with Crippen molar-refractivity contribution in [3.05, 3.63) is 42.1 Å². The van der Waals surface area contributed by atoms with Gasteiger partial charge in [-0.2, -0.15) is 0 Å². The largest absolute Gasteiger partial charge is 0.486 e. The highest BCUT2D eigenvalue weighted by Crippen LogP contribution is 2.36. The number of ether oxygens (including phenoxy) is 2. The predicted molar refractivity (Wildman–Crippen MR) is 76.8 cm³/mol. The van der Waals surface area contributed by atoms with E-state index in [-0.39, 0.29) is 5.84 Å². The normalized spacial score (nSPS) is 13.0. The first-order chi connectivity index (χ1) is 9.74. The molecular weight excluding hydrogens is 274 g/mol. The average molecular weight is 287 g/mol. The molecule has 0 saturated heterocycles. The van der Waals surface area contributed by atoms with Crippen molar-refractivity contribution in [2.24, 2.45) is 5.73 Å². The number of fused-ring (bicyclic) bond motifs is 1. The van der Waals surface area contributed by atoms with E-state index in [0.29, 0.717) is 23.8 Å². The number of hydrogen-bond acceptors (Lipinski definition) is 5. The molecule has 0 atom stereocenters. The molecule has 2 heterocycles. The number of benzene rings is 1. The fraction of sp³-hybridized carbons (Fsp3) is 0.143. The standard InChI is InChI=1S/C14H13N3O2S/c15-13(16)10-2-1-5-17-14(10)20-9-3-4-11-12(8-9)19-7-6-18-11/h1-5,8H,6-7H2,(H3,15,16). The highest BCUT2D eigenvalue weighted by atomic mass is 32.2. The van der Waals surface area contributed by atoms with Crippen LogP contribution in [0, 0.1) is 5.41 Å². The smallest absolute Gasteiger partial charge is 0.162 e. The number of hydrogen-bond donors (Lipinski definition) is 2. The van der Waals surface area contributed by atoms with Gasteiger partial charge in [-0.3, -0.25) is 5.41 Å². The number of amidine groups is 1. The Labute approximate surface area is 120 Å². The Morgan fingerprint density at radius 1 is 1.20 bits per heavy atom. The second-order valence-corrected chi connectivity index (χ2v) is 5.24. The quantitative estimate of drug-likeness (QED) is 0.668. The van der Waals surface area contributed by atoms with Crippen LogP contribution in [0.3, 0.4) is 0 Å². The Kier molecular flexibility index (Phi) is 3.47. The van der Waals surface area contributed by atoms with E-state index in [1.165, 1.54) is 11.8 Å². The third-order valence-corrected chi connectivity index (χ3v) is 3.80. The van der Waals surface area contributed by atoms with Gasteiger partial charge in [0.05, 0.1) is 0 Å². The lowest BCUT2D eigenvalue weighted by molar-refractivity contribution is 0.171. The van der Waals surface area contributed by atoms with Gasteiger partial charge in [-0.25, -0.2) is 4.98 Å². The lowest BCUT2D eigenvalue weighted by Gasteiger charge is -2.18. The molecule has 102 valence electrons. The van der Waals surface area contributed by atoms with Crippen LogP contribution in [0.5, 0.6) is 11.5 Å². The molecule has 0 fully saturated rings. The van der Waals surface area contributed by atoms with Gasteiger partial charge in [0.25, 0.3) is 0 Å². The number of pyridine rings is 1. The Morgan fingerprint density at radius 2 is 2.00 bits per heavy atom. The summed E-state index contributed by atoms with van der Waals surface area (Å²) in [5.74, 6) is 1.51. The Hall–Kier alpha value is -2.21. The third-order valence-electron chi connectivity index (χ3n) is 2.79. The second kappa shape index (κ2) is 5.42. The number of nitrogens with zero attached hydrogens (tertiary/aromatic N) is 1. The first kappa shape index (κ1) is 12.8. The summed E-state index contributed by atoms with van der Waals surface area (Å²) in [6, 6.07) is 9.29. The van der Waals surface area contributed by atoms with Crippen molar-refractivity contribution < 1.29 is 9.47 Å². The monoisotopic (exact) mass is 287 g/mol. The number of aromatic nitrogens is 1. The van der Waals surface area contributed by atoms with Crippen LogP contribution in [-0.4, -0.2) is 24.0 Å². The molecule has 0 spiro atoms. The van der Waals surface area contributed by atoms with Crippen molar-refractivity contribution >= 4 is 17.6 Å². The van der Waals surface area contributed by atoms with Gasteiger partial charge in [0.15, 0.2) is 11.5 Å². The van der Waals surface area contributed by atoms with E-state index in [1.807, 2.05) is 18.2 Å². The van der Waals surface area contributed by atoms with Crippen LogP contribution >= 0.6 is 11.8 Å². The summed E-state index contributed by atoms with van der Waals surface area (Å²) in [5.41, 5.74) is 6.20. The summed E-state index contributed by atoms with van der Waals surface area (Å²) in [7, 11) is 0. The molecule has 20 heavy (non-hydrogen) atoms. The summed E-state index contributed by atoms with van der Waals surface area (Å²) in [6.07, 6.45) is 1.69. The molecule has 2 aromatic rings. The highest BCUT2D eigenvalue weighted by Gasteiger charge is 2.14. The van der Waals surface area contributed by atoms with Gasteiger partial charge in [0, 0.05) is 16.7 Å². The second-order valence-electron chi connectivity index (χ2n) is 4.18. The van der Waals surface area contributed by atoms with E-state index >= 15 is 0 Å². The zero-order valence-electron chi connectivity index (χ0n) is 10.6. The molecule has 0 aliphatic carbocycles. The van der Waals surface area contributed by atoms with Crippen LogP contribution in [0.2, 0.25) is 0 Å². The Balaban J connectivity index is 1.90. The maximum absolute atomic E-state index is 7.57. The fourth-order valence-corrected chi connectivity index (χ4v) is 2.80. The lowest BCUT2D eigenvalue weighted by atomic mass is 10.3. The zero-order valence-corrected chi connectivity index (χ0v) is 11.4. The van der Waals surface area contributed by atoms with Crippen LogP contribution in [-0.2, 0) is 0 Å². The van der Waals surface area contributed by atoms with Crippen molar-refractivity contribution in [1.82, 2.24) is 4.98 Å². The van der Waals surface area contributed by atoms with Crippen LogP contribution in [0.25, 0.3) is 0 Å².